The van der Waals surface area contributed by atoms with Crippen LogP contribution in [0.5, 0.6) is 5.75 Å². The van der Waals surface area contributed by atoms with Crippen LogP contribution in [0.4, 0.5) is 5.69 Å². The van der Waals surface area contributed by atoms with Gasteiger partial charge in [0.2, 0.25) is 0 Å². The summed E-state index contributed by atoms with van der Waals surface area (Å²) in [5.74, 6) is 1.57. The Labute approximate surface area is 104 Å². The average Bonchev–Trinajstić information content (AvgIpc) is 2.26. The summed E-state index contributed by atoms with van der Waals surface area (Å²) in [6.45, 7) is 11.9. The van der Waals surface area contributed by atoms with Crippen LogP contribution in [0.25, 0.3) is 0 Å². The molecule has 0 fully saturated rings. The highest BCUT2D eigenvalue weighted by atomic mass is 16.5. The van der Waals surface area contributed by atoms with Crippen molar-refractivity contribution in [2.24, 2.45) is 5.92 Å². The van der Waals surface area contributed by atoms with E-state index < -0.39 is 0 Å². The number of rotatable bonds is 1. The van der Waals surface area contributed by atoms with Crippen molar-refractivity contribution in [3.05, 3.63) is 23.8 Å². The summed E-state index contributed by atoms with van der Waals surface area (Å²) >= 11 is 0. The Kier molecular flexibility index (Phi) is 3.07. The van der Waals surface area contributed by atoms with E-state index in [-0.39, 0.29) is 5.41 Å². The lowest BCUT2D eigenvalue weighted by molar-refractivity contribution is 0.257. The fourth-order valence-corrected chi connectivity index (χ4v) is 2.02. The first kappa shape index (κ1) is 12.3. The van der Waals surface area contributed by atoms with Crippen molar-refractivity contribution >= 4 is 5.69 Å². The van der Waals surface area contributed by atoms with E-state index in [4.69, 9.17) is 4.74 Å². The number of hydrogen-bond donors (Lipinski definition) is 1. The van der Waals surface area contributed by atoms with E-state index in [0.717, 1.165) is 18.0 Å². The van der Waals surface area contributed by atoms with E-state index >= 15 is 0 Å². The lowest BCUT2D eigenvalue weighted by atomic mass is 9.86. The maximum absolute atomic E-state index is 5.80. The minimum Gasteiger partial charge on any atom is -0.489 e. The van der Waals surface area contributed by atoms with Gasteiger partial charge in [0.15, 0.2) is 0 Å². The average molecular weight is 233 g/mol. The number of fused-ring (bicyclic) bond motifs is 1. The highest BCUT2D eigenvalue weighted by Gasteiger charge is 2.23. The van der Waals surface area contributed by atoms with Gasteiger partial charge in [0, 0.05) is 0 Å². The first-order valence-corrected chi connectivity index (χ1v) is 6.42. The van der Waals surface area contributed by atoms with Gasteiger partial charge in [0.1, 0.15) is 12.4 Å². The molecule has 94 valence electrons. The van der Waals surface area contributed by atoms with E-state index in [1.807, 2.05) is 0 Å². The molecule has 1 heterocycles. The van der Waals surface area contributed by atoms with Crippen molar-refractivity contribution in [1.29, 1.82) is 0 Å². The zero-order chi connectivity index (χ0) is 12.6. The molecule has 17 heavy (non-hydrogen) atoms. The molecule has 1 atom stereocenters. The second-order valence-electron chi connectivity index (χ2n) is 6.27. The number of anilines is 1. The molecule has 1 N–H and O–H groups in total. The van der Waals surface area contributed by atoms with E-state index in [9.17, 15) is 0 Å². The van der Waals surface area contributed by atoms with Gasteiger partial charge in [0.05, 0.1) is 11.7 Å². The second-order valence-corrected chi connectivity index (χ2v) is 6.27. The minimum absolute atomic E-state index is 0.182. The van der Waals surface area contributed by atoms with Crippen molar-refractivity contribution in [1.82, 2.24) is 0 Å². The summed E-state index contributed by atoms with van der Waals surface area (Å²) in [5, 5.41) is 3.58. The Morgan fingerprint density at radius 3 is 2.59 bits per heavy atom. The maximum Gasteiger partial charge on any atom is 0.142 e. The third kappa shape index (κ3) is 2.56. The fourth-order valence-electron chi connectivity index (χ4n) is 2.02. The molecular weight excluding hydrogens is 210 g/mol. The van der Waals surface area contributed by atoms with Gasteiger partial charge in [-0.05, 0) is 29.0 Å². The van der Waals surface area contributed by atoms with Crippen LogP contribution in [0.15, 0.2) is 18.2 Å². The van der Waals surface area contributed by atoms with Crippen molar-refractivity contribution in [2.75, 3.05) is 11.9 Å². The van der Waals surface area contributed by atoms with E-state index in [0.29, 0.717) is 12.0 Å². The van der Waals surface area contributed by atoms with Crippen molar-refractivity contribution < 1.29 is 4.74 Å². The van der Waals surface area contributed by atoms with Gasteiger partial charge in [-0.3, -0.25) is 0 Å². The van der Waals surface area contributed by atoms with Crippen LogP contribution in [0.1, 0.15) is 40.2 Å². The molecule has 2 rings (SSSR count). The molecule has 0 spiro atoms. The van der Waals surface area contributed by atoms with Crippen LogP contribution >= 0.6 is 0 Å². The van der Waals surface area contributed by atoms with Crippen molar-refractivity contribution in [3.63, 3.8) is 0 Å². The minimum atomic E-state index is 0.182. The second kappa shape index (κ2) is 4.25. The molecule has 0 saturated carbocycles. The molecule has 0 bridgehead atoms. The topological polar surface area (TPSA) is 21.3 Å². The number of hydrogen-bond acceptors (Lipinski definition) is 2. The third-order valence-electron chi connectivity index (χ3n) is 3.41. The van der Waals surface area contributed by atoms with Crippen LogP contribution in [-0.4, -0.2) is 12.6 Å². The Morgan fingerprint density at radius 2 is 2.00 bits per heavy atom. The molecule has 1 aromatic carbocycles. The van der Waals surface area contributed by atoms with Gasteiger partial charge < -0.3 is 10.1 Å². The summed E-state index contributed by atoms with van der Waals surface area (Å²) in [5.41, 5.74) is 2.67. The summed E-state index contributed by atoms with van der Waals surface area (Å²) in [6, 6.07) is 6.89. The molecule has 2 nitrogen and oxygen atoms in total. The van der Waals surface area contributed by atoms with Crippen LogP contribution in [0, 0.1) is 5.92 Å². The molecule has 0 saturated heterocycles. The van der Waals surface area contributed by atoms with E-state index in [2.05, 4.69) is 58.1 Å². The number of ether oxygens (including phenoxy) is 1. The van der Waals surface area contributed by atoms with Gasteiger partial charge in [-0.2, -0.15) is 0 Å². The van der Waals surface area contributed by atoms with Crippen LogP contribution in [0.2, 0.25) is 0 Å². The molecular formula is C15H23NO. The first-order chi connectivity index (χ1) is 7.88. The standard InChI is InChI=1S/C15H23NO/c1-10(2)13-9-17-14-7-6-11(15(3,4)5)8-12(14)16-13/h6-8,10,13,16H,9H2,1-5H3. The quantitative estimate of drug-likeness (QED) is 0.796. The highest BCUT2D eigenvalue weighted by Crippen LogP contribution is 2.34. The molecule has 0 amide bonds. The maximum atomic E-state index is 5.80. The zero-order valence-electron chi connectivity index (χ0n) is 11.5. The molecule has 1 aliphatic rings. The predicted molar refractivity (Wildman–Crippen MR) is 72.9 cm³/mol. The smallest absolute Gasteiger partial charge is 0.142 e. The fraction of sp³-hybridized carbons (Fsp3) is 0.600. The van der Waals surface area contributed by atoms with Crippen LogP contribution in [-0.2, 0) is 5.41 Å². The Hall–Kier alpha value is -1.18. The Balaban J connectivity index is 2.29. The van der Waals surface area contributed by atoms with Gasteiger partial charge in [0.25, 0.3) is 0 Å². The van der Waals surface area contributed by atoms with E-state index in [1.165, 1.54) is 5.56 Å². The molecule has 1 aromatic rings. The largest absolute Gasteiger partial charge is 0.489 e. The third-order valence-corrected chi connectivity index (χ3v) is 3.41. The Morgan fingerprint density at radius 1 is 1.29 bits per heavy atom. The lowest BCUT2D eigenvalue weighted by Gasteiger charge is -2.31. The normalized spacial score (nSPS) is 19.5. The monoisotopic (exact) mass is 233 g/mol. The highest BCUT2D eigenvalue weighted by molar-refractivity contribution is 5.60. The number of nitrogens with one attached hydrogen (secondary N) is 1. The summed E-state index contributed by atoms with van der Waals surface area (Å²) < 4.78 is 5.80. The predicted octanol–water partition coefficient (Wildman–Crippen LogP) is 3.81. The van der Waals surface area contributed by atoms with Crippen LogP contribution in [0.3, 0.4) is 0 Å². The lowest BCUT2D eigenvalue weighted by Crippen LogP contribution is -2.35. The van der Waals surface area contributed by atoms with Crippen molar-refractivity contribution in [2.45, 2.75) is 46.1 Å². The summed E-state index contributed by atoms with van der Waals surface area (Å²) in [6.07, 6.45) is 0. The first-order valence-electron chi connectivity index (χ1n) is 6.42. The Bertz CT molecular complexity index is 404. The van der Waals surface area contributed by atoms with E-state index in [1.54, 1.807) is 0 Å². The van der Waals surface area contributed by atoms with Crippen molar-refractivity contribution in [3.8, 4) is 5.75 Å². The summed E-state index contributed by atoms with van der Waals surface area (Å²) in [7, 11) is 0. The number of benzene rings is 1. The van der Waals surface area contributed by atoms with Gasteiger partial charge in [-0.15, -0.1) is 0 Å². The molecule has 2 heteroatoms. The van der Waals surface area contributed by atoms with Crippen LogP contribution < -0.4 is 10.1 Å². The van der Waals surface area contributed by atoms with Gasteiger partial charge in [-0.1, -0.05) is 40.7 Å². The van der Waals surface area contributed by atoms with Gasteiger partial charge >= 0.3 is 0 Å². The molecule has 1 unspecified atom stereocenters. The molecule has 0 aliphatic carbocycles. The molecule has 0 aromatic heterocycles. The zero-order valence-corrected chi connectivity index (χ0v) is 11.5. The SMILES string of the molecule is CC(C)C1COc2ccc(C(C)(C)C)cc2N1. The van der Waals surface area contributed by atoms with Gasteiger partial charge in [-0.25, -0.2) is 0 Å². The molecule has 1 aliphatic heterocycles. The molecule has 0 radical (unpaired) electrons. The summed E-state index contributed by atoms with van der Waals surface area (Å²) in [4.78, 5) is 0.